The van der Waals surface area contributed by atoms with Crippen LogP contribution in [0.5, 0.6) is 0 Å². The molecule has 2 fully saturated rings. The van der Waals surface area contributed by atoms with E-state index in [1.54, 1.807) is 32.9 Å². The first-order valence-corrected chi connectivity index (χ1v) is 19.4. The van der Waals surface area contributed by atoms with Gasteiger partial charge < -0.3 is 25.6 Å². The van der Waals surface area contributed by atoms with Crippen LogP contribution in [0.25, 0.3) is 0 Å². The lowest BCUT2D eigenvalue weighted by atomic mass is 9.87. The third-order valence-corrected chi connectivity index (χ3v) is 10.8. The highest BCUT2D eigenvalue weighted by Crippen LogP contribution is 2.32. The van der Waals surface area contributed by atoms with E-state index < -0.39 is 63.1 Å². The Morgan fingerprint density at radius 1 is 0.918 bits per heavy atom. The molecule has 2 heterocycles. The van der Waals surface area contributed by atoms with E-state index in [0.29, 0.717) is 25.8 Å². The molecule has 1 aromatic rings. The van der Waals surface area contributed by atoms with Crippen molar-refractivity contribution in [2.45, 2.75) is 141 Å². The van der Waals surface area contributed by atoms with Gasteiger partial charge in [-0.1, -0.05) is 82.9 Å². The number of carbonyl (C=O) groups is 5. The van der Waals surface area contributed by atoms with Crippen molar-refractivity contribution in [3.05, 3.63) is 29.8 Å². The van der Waals surface area contributed by atoms with E-state index in [9.17, 15) is 32.4 Å². The highest BCUT2D eigenvalue weighted by Gasteiger charge is 2.46. The molecular formula is C36H56N4O8S. The van der Waals surface area contributed by atoms with Crippen LogP contribution < -0.4 is 16.0 Å². The van der Waals surface area contributed by atoms with Gasteiger partial charge in [-0.2, -0.15) is 0 Å². The van der Waals surface area contributed by atoms with Crippen LogP contribution in [0.4, 0.5) is 4.79 Å². The Morgan fingerprint density at radius 2 is 1.49 bits per heavy atom. The second kappa shape index (κ2) is 18.0. The van der Waals surface area contributed by atoms with Crippen molar-refractivity contribution in [2.24, 2.45) is 11.8 Å². The summed E-state index contributed by atoms with van der Waals surface area (Å²) in [4.78, 5) is 69.1. The summed E-state index contributed by atoms with van der Waals surface area (Å²) in [5.41, 5.74) is 0.114. The molecule has 1 unspecified atom stereocenters. The maximum atomic E-state index is 14.1. The van der Waals surface area contributed by atoms with E-state index >= 15 is 0 Å². The summed E-state index contributed by atoms with van der Waals surface area (Å²) in [6.45, 7) is 11.3. The number of aryl methyl sites for hydroxylation is 1. The number of sulfone groups is 1. The molecule has 13 heteroatoms. The quantitative estimate of drug-likeness (QED) is 0.347. The summed E-state index contributed by atoms with van der Waals surface area (Å²) >= 11 is 0. The minimum Gasteiger partial charge on any atom is -0.444 e. The molecule has 0 aliphatic carbocycles. The zero-order valence-electron chi connectivity index (χ0n) is 30.0. The Bertz CT molecular complexity index is 1420. The smallest absolute Gasteiger partial charge is 0.408 e. The van der Waals surface area contributed by atoms with Crippen molar-refractivity contribution in [3.8, 4) is 0 Å². The van der Waals surface area contributed by atoms with Crippen molar-refractivity contribution < 1.29 is 37.1 Å². The zero-order valence-corrected chi connectivity index (χ0v) is 30.8. The van der Waals surface area contributed by atoms with Gasteiger partial charge >= 0.3 is 6.09 Å². The molecule has 1 aromatic carbocycles. The van der Waals surface area contributed by atoms with Crippen molar-refractivity contribution in [1.29, 1.82) is 0 Å². The first-order valence-electron chi connectivity index (χ1n) is 17.7. The van der Waals surface area contributed by atoms with Gasteiger partial charge in [-0.3, -0.25) is 19.2 Å². The number of ketones is 1. The van der Waals surface area contributed by atoms with Gasteiger partial charge in [-0.15, -0.1) is 0 Å². The number of Topliss-reactive ketones (excluding diaryl/α,β-unsaturated/α-hetero) is 1. The Kier molecular flexibility index (Phi) is 14.6. The fraction of sp³-hybridized carbons (Fsp3) is 0.694. The van der Waals surface area contributed by atoms with E-state index in [0.717, 1.165) is 50.5 Å². The summed E-state index contributed by atoms with van der Waals surface area (Å²) < 4.78 is 31.1. The van der Waals surface area contributed by atoms with Gasteiger partial charge in [0, 0.05) is 6.54 Å². The maximum Gasteiger partial charge on any atom is 0.408 e. The zero-order chi connectivity index (χ0) is 36.4. The summed E-state index contributed by atoms with van der Waals surface area (Å²) in [7, 11) is -3.91. The number of carbonyl (C=O) groups excluding carboxylic acids is 5. The third-order valence-electron chi connectivity index (χ3n) is 9.24. The van der Waals surface area contributed by atoms with Crippen molar-refractivity contribution >= 4 is 39.4 Å². The molecule has 0 aromatic heterocycles. The van der Waals surface area contributed by atoms with Crippen LogP contribution in [-0.4, -0.2) is 79.1 Å². The largest absolute Gasteiger partial charge is 0.444 e. The number of ether oxygens (including phenoxy) is 1. The van der Waals surface area contributed by atoms with Gasteiger partial charge in [0.2, 0.25) is 17.6 Å². The molecule has 0 bridgehead atoms. The SMILES string of the molecule is Cc1ccc(S(=O)(=O)CNC(=O)C(=O)[C@@H]2CCCCCCCCCC[C@H](NC(=O)OC(C)(C)C)C(=O)N3CCC(C(C)C)[C@H]3C(=O)N2)cc1. The fourth-order valence-corrected chi connectivity index (χ4v) is 7.56. The predicted octanol–water partition coefficient (Wildman–Crippen LogP) is 4.58. The van der Waals surface area contributed by atoms with E-state index in [2.05, 4.69) is 16.0 Å². The number of amides is 4. The number of hydrogen-bond donors (Lipinski definition) is 3. The maximum absolute atomic E-state index is 14.1. The van der Waals surface area contributed by atoms with Crippen molar-refractivity contribution in [3.63, 3.8) is 0 Å². The monoisotopic (exact) mass is 704 g/mol. The first-order chi connectivity index (χ1) is 23.0. The van der Waals surface area contributed by atoms with Gasteiger partial charge in [-0.25, -0.2) is 13.2 Å². The number of fused-ring (bicyclic) bond motifs is 1. The molecule has 2 aliphatic rings. The normalized spacial score (nSPS) is 23.6. The van der Waals surface area contributed by atoms with E-state index in [4.69, 9.17) is 4.74 Å². The average molecular weight is 705 g/mol. The van der Waals surface area contributed by atoms with Gasteiger partial charge in [0.15, 0.2) is 9.84 Å². The van der Waals surface area contributed by atoms with Crippen LogP contribution in [0, 0.1) is 18.8 Å². The lowest BCUT2D eigenvalue weighted by Gasteiger charge is -2.33. The molecule has 12 nitrogen and oxygen atoms in total. The average Bonchev–Trinajstić information content (AvgIpc) is 3.47. The van der Waals surface area contributed by atoms with Crippen molar-refractivity contribution in [1.82, 2.24) is 20.9 Å². The molecule has 4 amide bonds. The van der Waals surface area contributed by atoms with Crippen LogP contribution in [0.1, 0.15) is 111 Å². The summed E-state index contributed by atoms with van der Waals surface area (Å²) in [5, 5.41) is 7.79. The van der Waals surface area contributed by atoms with E-state index in [1.807, 2.05) is 20.8 Å². The van der Waals surface area contributed by atoms with Crippen LogP contribution in [-0.2, 0) is 33.8 Å². The van der Waals surface area contributed by atoms with E-state index in [1.165, 1.54) is 17.0 Å². The fourth-order valence-electron chi connectivity index (χ4n) is 6.52. The Labute approximate surface area is 291 Å². The summed E-state index contributed by atoms with van der Waals surface area (Å²) in [5.74, 6) is -3.96. The van der Waals surface area contributed by atoms with Gasteiger partial charge in [0.05, 0.1) is 10.9 Å². The van der Waals surface area contributed by atoms with Gasteiger partial charge in [0.25, 0.3) is 5.91 Å². The molecule has 0 radical (unpaired) electrons. The summed E-state index contributed by atoms with van der Waals surface area (Å²) in [6.07, 6.45) is 7.29. The van der Waals surface area contributed by atoms with Gasteiger partial charge in [0.1, 0.15) is 23.6 Å². The number of nitrogens with zero attached hydrogens (tertiary/aromatic N) is 1. The number of hydrogen-bond acceptors (Lipinski definition) is 8. The molecule has 0 saturated carbocycles. The highest BCUT2D eigenvalue weighted by atomic mass is 32.2. The molecule has 2 aliphatic heterocycles. The Balaban J connectivity index is 1.85. The predicted molar refractivity (Wildman–Crippen MR) is 186 cm³/mol. The van der Waals surface area contributed by atoms with E-state index in [-0.39, 0.29) is 29.1 Å². The molecular weight excluding hydrogens is 648 g/mol. The lowest BCUT2D eigenvalue weighted by molar-refractivity contribution is -0.143. The minimum atomic E-state index is -3.91. The van der Waals surface area contributed by atoms with Gasteiger partial charge in [-0.05, 0) is 70.9 Å². The van der Waals surface area contributed by atoms with Crippen LogP contribution >= 0.6 is 0 Å². The molecule has 3 N–H and O–H groups in total. The number of rotatable bonds is 7. The highest BCUT2D eigenvalue weighted by molar-refractivity contribution is 7.91. The van der Waals surface area contributed by atoms with Crippen molar-refractivity contribution in [2.75, 3.05) is 12.4 Å². The molecule has 4 atom stereocenters. The minimum absolute atomic E-state index is 0.0179. The molecule has 2 saturated heterocycles. The second-order valence-electron chi connectivity index (χ2n) is 14.8. The third kappa shape index (κ3) is 12.1. The Morgan fingerprint density at radius 3 is 2.06 bits per heavy atom. The topological polar surface area (TPSA) is 168 Å². The number of benzene rings is 1. The lowest BCUT2D eigenvalue weighted by Crippen LogP contribution is -2.58. The molecule has 49 heavy (non-hydrogen) atoms. The molecule has 3 rings (SSSR count). The van der Waals surface area contributed by atoms with Crippen LogP contribution in [0.2, 0.25) is 0 Å². The molecule has 274 valence electrons. The Hall–Kier alpha value is -3.48. The summed E-state index contributed by atoms with van der Waals surface area (Å²) in [6, 6.07) is 3.15. The van der Waals surface area contributed by atoms with Crippen LogP contribution in [0.15, 0.2) is 29.2 Å². The first kappa shape index (κ1) is 40.0. The van der Waals surface area contributed by atoms with Crippen LogP contribution in [0.3, 0.4) is 0 Å². The molecule has 0 spiro atoms. The standard InChI is InChI=1S/C36H56N4O8S/c1-24(2)27-21-22-40-30(27)32(42)38-28(31(41)33(43)37-23-49(46,47)26-19-17-25(3)18-20-26)15-13-11-9-7-8-10-12-14-16-29(34(40)44)39-35(45)48-36(4,5)6/h17-20,24,27-30H,7-16,21-23H2,1-6H3,(H,37,43)(H,38,42)(H,39,45)/t27?,28-,29-,30-/m0/s1. The number of nitrogens with one attached hydrogen (secondary N) is 3. The number of alkyl carbamates (subject to hydrolysis) is 1. The second-order valence-corrected chi connectivity index (χ2v) is 16.8.